The molecule has 0 spiro atoms. The maximum atomic E-state index is 11.6. The van der Waals surface area contributed by atoms with Crippen molar-refractivity contribution in [3.63, 3.8) is 0 Å². The molecule has 0 saturated heterocycles. The van der Waals surface area contributed by atoms with E-state index in [0.717, 1.165) is 25.1 Å². The van der Waals surface area contributed by atoms with Crippen molar-refractivity contribution in [2.75, 3.05) is 6.54 Å². The van der Waals surface area contributed by atoms with Gasteiger partial charge in [-0.15, -0.1) is 0 Å². The van der Waals surface area contributed by atoms with E-state index < -0.39 is 5.60 Å². The second-order valence-corrected chi connectivity index (χ2v) is 8.16. The van der Waals surface area contributed by atoms with E-state index in [4.69, 9.17) is 4.74 Å². The third-order valence-electron chi connectivity index (χ3n) is 3.24. The number of rotatable bonds is 6. The summed E-state index contributed by atoms with van der Waals surface area (Å²) in [5.74, 6) is 0. The average Bonchev–Trinajstić information content (AvgIpc) is 2.40. The normalized spacial score (nSPS) is 12.1. The molecule has 0 unspecified atom stereocenters. The van der Waals surface area contributed by atoms with Crippen molar-refractivity contribution in [2.45, 2.75) is 66.7 Å². The molecule has 0 aliphatic heterocycles. The molecule has 0 atom stereocenters. The van der Waals surface area contributed by atoms with Crippen molar-refractivity contribution >= 4 is 6.09 Å². The van der Waals surface area contributed by atoms with Crippen LogP contribution < -0.4 is 10.6 Å². The molecule has 0 heterocycles. The molecule has 1 aromatic carbocycles. The molecule has 0 bridgehead atoms. The van der Waals surface area contributed by atoms with Gasteiger partial charge in [0.15, 0.2) is 0 Å². The van der Waals surface area contributed by atoms with Crippen molar-refractivity contribution in [3.05, 3.63) is 35.4 Å². The van der Waals surface area contributed by atoms with Crippen molar-refractivity contribution in [1.82, 2.24) is 10.6 Å². The molecule has 0 fully saturated rings. The number of hydrogen-bond acceptors (Lipinski definition) is 3. The minimum Gasteiger partial charge on any atom is -0.444 e. The Labute approximate surface area is 141 Å². The quantitative estimate of drug-likeness (QED) is 0.771. The molecular weight excluding hydrogens is 288 g/mol. The predicted molar refractivity (Wildman–Crippen MR) is 95.3 cm³/mol. The third kappa shape index (κ3) is 9.95. The largest absolute Gasteiger partial charge is 0.444 e. The van der Waals surface area contributed by atoms with Crippen LogP contribution in [0.3, 0.4) is 0 Å². The first-order valence-corrected chi connectivity index (χ1v) is 8.31. The van der Waals surface area contributed by atoms with Crippen LogP contribution in [0.25, 0.3) is 0 Å². The Kier molecular flexibility index (Phi) is 7.07. The highest BCUT2D eigenvalue weighted by Crippen LogP contribution is 2.17. The van der Waals surface area contributed by atoms with Gasteiger partial charge < -0.3 is 15.4 Å². The lowest BCUT2D eigenvalue weighted by Gasteiger charge is -2.19. The van der Waals surface area contributed by atoms with Crippen LogP contribution in [-0.2, 0) is 17.8 Å². The molecule has 130 valence electrons. The molecule has 0 saturated carbocycles. The van der Waals surface area contributed by atoms with Gasteiger partial charge in [-0.1, -0.05) is 45.0 Å². The minimum absolute atomic E-state index is 0.365. The number of carbonyl (C=O) groups is 1. The van der Waals surface area contributed by atoms with E-state index in [-0.39, 0.29) is 6.09 Å². The smallest absolute Gasteiger partial charge is 0.407 e. The lowest BCUT2D eigenvalue weighted by atomic mass is 9.92. The number of ether oxygens (including phenoxy) is 1. The van der Waals surface area contributed by atoms with Crippen LogP contribution in [0, 0.1) is 5.41 Å². The second-order valence-electron chi connectivity index (χ2n) is 8.16. The fraction of sp³-hybridized carbons (Fsp3) is 0.632. The minimum atomic E-state index is -0.466. The molecule has 4 heteroatoms. The highest BCUT2D eigenvalue weighted by molar-refractivity contribution is 5.67. The fourth-order valence-electron chi connectivity index (χ4n) is 1.96. The van der Waals surface area contributed by atoms with Gasteiger partial charge in [-0.25, -0.2) is 4.79 Å². The van der Waals surface area contributed by atoms with Gasteiger partial charge >= 0.3 is 6.09 Å². The summed E-state index contributed by atoms with van der Waals surface area (Å²) < 4.78 is 5.22. The first kappa shape index (κ1) is 19.5. The molecule has 1 rings (SSSR count). The fourth-order valence-corrected chi connectivity index (χ4v) is 1.96. The topological polar surface area (TPSA) is 50.4 Å². The Balaban J connectivity index is 2.32. The molecular formula is C19H32N2O2. The monoisotopic (exact) mass is 320 g/mol. The molecule has 4 nitrogen and oxygen atoms in total. The lowest BCUT2D eigenvalue weighted by Crippen LogP contribution is -2.32. The lowest BCUT2D eigenvalue weighted by molar-refractivity contribution is 0.0523. The number of nitrogens with one attached hydrogen (secondary N) is 2. The van der Waals surface area contributed by atoms with Crippen LogP contribution in [0.4, 0.5) is 4.79 Å². The number of alkyl carbamates (subject to hydrolysis) is 1. The van der Waals surface area contributed by atoms with Gasteiger partial charge in [-0.2, -0.15) is 0 Å². The van der Waals surface area contributed by atoms with E-state index in [2.05, 4.69) is 43.5 Å². The number of carbonyl (C=O) groups excluding carboxylic acids is 1. The van der Waals surface area contributed by atoms with E-state index >= 15 is 0 Å². The standard InChI is InChI=1S/C19H32N2O2/c1-18(2,3)11-12-20-13-15-7-9-16(10-8-15)14-21-17(22)23-19(4,5)6/h7-10,20H,11-14H2,1-6H3,(H,21,22). The first-order valence-electron chi connectivity index (χ1n) is 8.31. The number of benzene rings is 1. The maximum Gasteiger partial charge on any atom is 0.407 e. The SMILES string of the molecule is CC(C)(C)CCNCc1ccc(CNC(=O)OC(C)(C)C)cc1. The summed E-state index contributed by atoms with van der Waals surface area (Å²) in [4.78, 5) is 11.6. The van der Waals surface area contributed by atoms with E-state index in [1.807, 2.05) is 32.9 Å². The van der Waals surface area contributed by atoms with E-state index in [1.165, 1.54) is 5.56 Å². The Hall–Kier alpha value is -1.55. The van der Waals surface area contributed by atoms with Gasteiger partial charge in [0.25, 0.3) is 0 Å². The zero-order valence-electron chi connectivity index (χ0n) is 15.5. The summed E-state index contributed by atoms with van der Waals surface area (Å²) in [6.45, 7) is 14.7. The molecule has 2 N–H and O–H groups in total. The van der Waals surface area contributed by atoms with Crippen LogP contribution in [0.1, 0.15) is 59.1 Å². The van der Waals surface area contributed by atoms with Crippen molar-refractivity contribution in [1.29, 1.82) is 0 Å². The van der Waals surface area contributed by atoms with Crippen molar-refractivity contribution in [2.24, 2.45) is 5.41 Å². The van der Waals surface area contributed by atoms with E-state index in [9.17, 15) is 4.79 Å². The Morgan fingerprint density at radius 3 is 1.96 bits per heavy atom. The average molecular weight is 320 g/mol. The van der Waals surface area contributed by atoms with Gasteiger partial charge in [-0.3, -0.25) is 0 Å². The van der Waals surface area contributed by atoms with Crippen LogP contribution in [0.2, 0.25) is 0 Å². The maximum absolute atomic E-state index is 11.6. The molecule has 0 aliphatic carbocycles. The second kappa shape index (κ2) is 8.34. The number of hydrogen-bond donors (Lipinski definition) is 2. The van der Waals surface area contributed by atoms with Crippen LogP contribution in [0.15, 0.2) is 24.3 Å². The van der Waals surface area contributed by atoms with Gasteiger partial charge in [-0.05, 0) is 50.3 Å². The Morgan fingerprint density at radius 2 is 1.48 bits per heavy atom. The highest BCUT2D eigenvalue weighted by Gasteiger charge is 2.15. The van der Waals surface area contributed by atoms with E-state index in [1.54, 1.807) is 0 Å². The first-order chi connectivity index (χ1) is 10.6. The summed E-state index contributed by atoms with van der Waals surface area (Å²) in [5, 5.41) is 6.23. The van der Waals surface area contributed by atoms with Gasteiger partial charge in [0.05, 0.1) is 0 Å². The molecule has 0 aliphatic rings. The Bertz CT molecular complexity index is 482. The van der Waals surface area contributed by atoms with Crippen molar-refractivity contribution < 1.29 is 9.53 Å². The molecule has 23 heavy (non-hydrogen) atoms. The van der Waals surface area contributed by atoms with Gasteiger partial charge in [0.2, 0.25) is 0 Å². The van der Waals surface area contributed by atoms with E-state index in [0.29, 0.717) is 12.0 Å². The predicted octanol–water partition coefficient (Wildman–Crippen LogP) is 4.24. The van der Waals surface area contributed by atoms with Gasteiger partial charge in [0.1, 0.15) is 5.60 Å². The highest BCUT2D eigenvalue weighted by atomic mass is 16.6. The molecule has 1 amide bonds. The summed E-state index contributed by atoms with van der Waals surface area (Å²) in [6, 6.07) is 8.27. The molecule has 0 aromatic heterocycles. The zero-order valence-corrected chi connectivity index (χ0v) is 15.5. The van der Waals surface area contributed by atoms with Crippen molar-refractivity contribution in [3.8, 4) is 0 Å². The summed E-state index contributed by atoms with van der Waals surface area (Å²) in [7, 11) is 0. The van der Waals surface area contributed by atoms with Crippen LogP contribution in [0.5, 0.6) is 0 Å². The summed E-state index contributed by atoms with van der Waals surface area (Å²) >= 11 is 0. The van der Waals surface area contributed by atoms with Crippen LogP contribution in [-0.4, -0.2) is 18.2 Å². The van der Waals surface area contributed by atoms with Gasteiger partial charge in [0, 0.05) is 13.1 Å². The van der Waals surface area contributed by atoms with Crippen LogP contribution >= 0.6 is 0 Å². The summed E-state index contributed by atoms with van der Waals surface area (Å²) in [5.41, 5.74) is 2.21. The number of amides is 1. The Morgan fingerprint density at radius 1 is 0.957 bits per heavy atom. The molecule has 1 aromatic rings. The molecule has 0 radical (unpaired) electrons. The summed E-state index contributed by atoms with van der Waals surface area (Å²) in [6.07, 6.45) is 0.774. The zero-order chi connectivity index (χ0) is 17.5. The third-order valence-corrected chi connectivity index (χ3v) is 3.24.